The van der Waals surface area contributed by atoms with Crippen molar-refractivity contribution in [2.24, 2.45) is 0 Å². The summed E-state index contributed by atoms with van der Waals surface area (Å²) in [5.74, 6) is -0.383. The van der Waals surface area contributed by atoms with Crippen molar-refractivity contribution in [3.05, 3.63) is 53.4 Å². The number of anilines is 1. The van der Waals surface area contributed by atoms with Crippen molar-refractivity contribution >= 4 is 55.7 Å². The van der Waals surface area contributed by atoms with Crippen LogP contribution in [0.5, 0.6) is 0 Å². The van der Waals surface area contributed by atoms with Crippen molar-refractivity contribution in [1.82, 2.24) is 15.0 Å². The molecule has 1 unspecified atom stereocenters. The molecule has 3 heterocycles. The van der Waals surface area contributed by atoms with E-state index in [0.29, 0.717) is 11.6 Å². The molecule has 0 aliphatic carbocycles. The van der Waals surface area contributed by atoms with Gasteiger partial charge in [0, 0.05) is 22.5 Å². The molecule has 5 nitrogen and oxygen atoms in total. The van der Waals surface area contributed by atoms with E-state index in [1.807, 2.05) is 17.7 Å². The second-order valence-electron chi connectivity index (χ2n) is 5.86. The molecule has 28 heavy (non-hydrogen) atoms. The van der Waals surface area contributed by atoms with Crippen molar-refractivity contribution in [2.45, 2.75) is 23.6 Å². The molecule has 4 aromatic rings. The molecular formula is C19H15FN4OS3. The SMILES string of the molecule is CCC(Sc1ncnc2scc(-c3ccc(F)cc3)c12)C(=O)Nc1nccs1. The minimum Gasteiger partial charge on any atom is -0.301 e. The highest BCUT2D eigenvalue weighted by Crippen LogP contribution is 2.39. The number of carbonyl (C=O) groups is 1. The topological polar surface area (TPSA) is 67.8 Å². The van der Waals surface area contributed by atoms with E-state index in [9.17, 15) is 9.18 Å². The first kappa shape index (κ1) is 19.0. The number of amides is 1. The van der Waals surface area contributed by atoms with Crippen molar-refractivity contribution in [3.8, 4) is 11.1 Å². The van der Waals surface area contributed by atoms with E-state index in [1.54, 1.807) is 18.3 Å². The average molecular weight is 431 g/mol. The highest BCUT2D eigenvalue weighted by molar-refractivity contribution is 8.00. The maximum atomic E-state index is 13.3. The molecule has 0 fully saturated rings. The lowest BCUT2D eigenvalue weighted by Gasteiger charge is -2.14. The highest BCUT2D eigenvalue weighted by Gasteiger charge is 2.22. The standard InChI is InChI=1S/C19H15FN4OS3/c1-2-14(16(25)24-19-21-7-8-26-19)28-18-15-13(9-27-17(15)22-10-23-18)11-3-5-12(20)6-4-11/h3-10,14H,2H2,1H3,(H,21,24,25). The molecule has 0 spiro atoms. The first-order chi connectivity index (χ1) is 13.7. The summed E-state index contributed by atoms with van der Waals surface area (Å²) in [6, 6.07) is 6.35. The Hall–Kier alpha value is -2.36. The Morgan fingerprint density at radius 1 is 1.21 bits per heavy atom. The van der Waals surface area contributed by atoms with Gasteiger partial charge in [0.1, 0.15) is 22.0 Å². The van der Waals surface area contributed by atoms with Gasteiger partial charge in [-0.2, -0.15) is 0 Å². The van der Waals surface area contributed by atoms with E-state index in [4.69, 9.17) is 0 Å². The quantitative estimate of drug-likeness (QED) is 0.325. The summed E-state index contributed by atoms with van der Waals surface area (Å²) < 4.78 is 13.3. The number of nitrogens with one attached hydrogen (secondary N) is 1. The van der Waals surface area contributed by atoms with Crippen molar-refractivity contribution in [3.63, 3.8) is 0 Å². The van der Waals surface area contributed by atoms with Crippen LogP contribution >= 0.6 is 34.4 Å². The minimum atomic E-state index is -0.317. The molecule has 1 atom stereocenters. The molecule has 0 bridgehead atoms. The van der Waals surface area contributed by atoms with Gasteiger partial charge in [0.25, 0.3) is 0 Å². The van der Waals surface area contributed by atoms with Gasteiger partial charge >= 0.3 is 0 Å². The Morgan fingerprint density at radius 2 is 2.04 bits per heavy atom. The zero-order valence-electron chi connectivity index (χ0n) is 14.8. The Labute approximate surface area is 173 Å². The van der Waals surface area contributed by atoms with Gasteiger partial charge in [-0.3, -0.25) is 4.79 Å². The third kappa shape index (κ3) is 3.91. The number of aromatic nitrogens is 3. The summed E-state index contributed by atoms with van der Waals surface area (Å²) >= 11 is 4.30. The Balaban J connectivity index is 1.67. The summed E-state index contributed by atoms with van der Waals surface area (Å²) in [5.41, 5.74) is 1.84. The zero-order valence-corrected chi connectivity index (χ0v) is 17.2. The molecule has 9 heteroatoms. The Bertz CT molecular complexity index is 1100. The molecule has 1 aromatic carbocycles. The number of halogens is 1. The van der Waals surface area contributed by atoms with Gasteiger partial charge in [0.05, 0.1) is 10.6 Å². The van der Waals surface area contributed by atoms with Crippen LogP contribution in [0, 0.1) is 5.82 Å². The maximum Gasteiger partial charge on any atom is 0.239 e. The number of benzene rings is 1. The summed E-state index contributed by atoms with van der Waals surface area (Å²) in [5, 5.41) is 8.57. The normalized spacial score (nSPS) is 12.2. The molecular weight excluding hydrogens is 415 g/mol. The van der Waals surface area contributed by atoms with Gasteiger partial charge in [-0.05, 0) is 24.1 Å². The second-order valence-corrected chi connectivity index (χ2v) is 8.80. The van der Waals surface area contributed by atoms with Crippen LogP contribution in [0.4, 0.5) is 9.52 Å². The van der Waals surface area contributed by atoms with Crippen LogP contribution in [0.2, 0.25) is 0 Å². The summed E-state index contributed by atoms with van der Waals surface area (Å²) in [6.45, 7) is 1.96. The lowest BCUT2D eigenvalue weighted by atomic mass is 10.1. The van der Waals surface area contributed by atoms with Crippen molar-refractivity contribution in [1.29, 1.82) is 0 Å². The number of thiazole rings is 1. The van der Waals surface area contributed by atoms with Crippen LogP contribution in [0.15, 0.2) is 52.6 Å². The molecule has 142 valence electrons. The summed E-state index contributed by atoms with van der Waals surface area (Å²) in [7, 11) is 0. The third-order valence-electron chi connectivity index (χ3n) is 4.07. The van der Waals surface area contributed by atoms with Gasteiger partial charge < -0.3 is 5.32 Å². The number of hydrogen-bond donors (Lipinski definition) is 1. The summed E-state index contributed by atoms with van der Waals surface area (Å²) in [6.07, 6.45) is 3.81. The molecule has 0 radical (unpaired) electrons. The fraction of sp³-hybridized carbons (Fsp3) is 0.158. The van der Waals surface area contributed by atoms with Crippen LogP contribution in [-0.4, -0.2) is 26.1 Å². The van der Waals surface area contributed by atoms with E-state index >= 15 is 0 Å². The lowest BCUT2D eigenvalue weighted by Crippen LogP contribution is -2.24. The Kier molecular flexibility index (Phi) is 5.65. The number of rotatable bonds is 6. The predicted octanol–water partition coefficient (Wildman–Crippen LogP) is 5.46. The van der Waals surface area contributed by atoms with Crippen LogP contribution in [0.3, 0.4) is 0 Å². The molecule has 1 N–H and O–H groups in total. The lowest BCUT2D eigenvalue weighted by molar-refractivity contribution is -0.115. The van der Waals surface area contributed by atoms with Crippen LogP contribution in [0.1, 0.15) is 13.3 Å². The smallest absolute Gasteiger partial charge is 0.239 e. The molecule has 3 aromatic heterocycles. The maximum absolute atomic E-state index is 13.3. The molecule has 0 saturated carbocycles. The van der Waals surface area contributed by atoms with E-state index in [1.165, 1.54) is 52.9 Å². The van der Waals surface area contributed by atoms with E-state index in [2.05, 4.69) is 20.3 Å². The monoisotopic (exact) mass is 430 g/mol. The number of thiophene rings is 1. The Morgan fingerprint density at radius 3 is 2.75 bits per heavy atom. The van der Waals surface area contributed by atoms with Gasteiger partial charge in [-0.15, -0.1) is 22.7 Å². The molecule has 0 aliphatic rings. The number of nitrogens with zero attached hydrogens (tertiary/aromatic N) is 3. The molecule has 1 amide bonds. The van der Waals surface area contributed by atoms with Crippen molar-refractivity contribution < 1.29 is 9.18 Å². The predicted molar refractivity (Wildman–Crippen MR) is 113 cm³/mol. The first-order valence-corrected chi connectivity index (χ1v) is 11.1. The van der Waals surface area contributed by atoms with E-state index in [0.717, 1.165) is 26.4 Å². The molecule has 0 aliphatic heterocycles. The van der Waals surface area contributed by atoms with Crippen LogP contribution in [0.25, 0.3) is 21.3 Å². The van der Waals surface area contributed by atoms with Crippen molar-refractivity contribution in [2.75, 3.05) is 5.32 Å². The second kappa shape index (κ2) is 8.34. The number of carbonyl (C=O) groups excluding carboxylic acids is 1. The fourth-order valence-electron chi connectivity index (χ4n) is 2.71. The molecule has 0 saturated heterocycles. The fourth-order valence-corrected chi connectivity index (χ4v) is 5.25. The van der Waals surface area contributed by atoms with Gasteiger partial charge in [0.15, 0.2) is 5.13 Å². The van der Waals surface area contributed by atoms with E-state index in [-0.39, 0.29) is 17.0 Å². The van der Waals surface area contributed by atoms with Crippen LogP contribution < -0.4 is 5.32 Å². The number of hydrogen-bond acceptors (Lipinski definition) is 7. The number of thioether (sulfide) groups is 1. The van der Waals surface area contributed by atoms with Crippen LogP contribution in [-0.2, 0) is 4.79 Å². The average Bonchev–Trinajstić information content (AvgIpc) is 3.36. The largest absolute Gasteiger partial charge is 0.301 e. The third-order valence-corrected chi connectivity index (χ3v) is 7.01. The minimum absolute atomic E-state index is 0.104. The zero-order chi connectivity index (χ0) is 19.5. The van der Waals surface area contributed by atoms with Gasteiger partial charge in [0.2, 0.25) is 5.91 Å². The highest BCUT2D eigenvalue weighted by atomic mass is 32.2. The number of fused-ring (bicyclic) bond motifs is 1. The van der Waals surface area contributed by atoms with Gasteiger partial charge in [-0.1, -0.05) is 30.8 Å². The first-order valence-electron chi connectivity index (χ1n) is 8.51. The van der Waals surface area contributed by atoms with E-state index < -0.39 is 0 Å². The molecule has 4 rings (SSSR count). The summed E-state index contributed by atoms with van der Waals surface area (Å²) in [4.78, 5) is 26.4. The van der Waals surface area contributed by atoms with Gasteiger partial charge in [-0.25, -0.2) is 19.3 Å².